The number of nitrogens with zero attached hydrogens (tertiary/aromatic N) is 2. The van der Waals surface area contributed by atoms with Gasteiger partial charge in [-0.1, -0.05) is 23.2 Å². The molecule has 0 saturated heterocycles. The summed E-state index contributed by atoms with van der Waals surface area (Å²) in [5.74, 6) is 0.645. The first-order chi connectivity index (χ1) is 8.22. The summed E-state index contributed by atoms with van der Waals surface area (Å²) in [4.78, 5) is 0. The van der Waals surface area contributed by atoms with Crippen LogP contribution in [-0.4, -0.2) is 10.2 Å². The van der Waals surface area contributed by atoms with E-state index in [0.29, 0.717) is 21.6 Å². The molecule has 17 heavy (non-hydrogen) atoms. The van der Waals surface area contributed by atoms with E-state index in [2.05, 4.69) is 10.2 Å². The summed E-state index contributed by atoms with van der Waals surface area (Å²) in [5.41, 5.74) is 1.41. The number of rotatable bonds is 1. The first-order valence-corrected chi connectivity index (χ1v) is 5.67. The molecule has 84 valence electrons. The highest BCUT2D eigenvalue weighted by Crippen LogP contribution is 2.28. The van der Waals surface area contributed by atoms with Crippen LogP contribution in [-0.2, 0) is 0 Å². The number of halogens is 2. The molecule has 0 spiro atoms. The van der Waals surface area contributed by atoms with Crippen LogP contribution in [0.5, 0.6) is 0 Å². The van der Waals surface area contributed by atoms with Crippen molar-refractivity contribution in [3.05, 3.63) is 46.6 Å². The Morgan fingerprint density at radius 2 is 1.82 bits per heavy atom. The zero-order valence-electron chi connectivity index (χ0n) is 8.52. The summed E-state index contributed by atoms with van der Waals surface area (Å²) in [6.07, 6.45) is 0. The van der Waals surface area contributed by atoms with E-state index in [4.69, 9.17) is 27.6 Å². The van der Waals surface area contributed by atoms with Crippen LogP contribution in [0.2, 0.25) is 10.2 Å². The van der Waals surface area contributed by atoms with Gasteiger partial charge in [-0.15, -0.1) is 10.2 Å². The molecule has 0 fully saturated rings. The molecule has 2 aromatic heterocycles. The zero-order valence-corrected chi connectivity index (χ0v) is 10.0. The Labute approximate surface area is 107 Å². The molecule has 3 rings (SSSR count). The topological polar surface area (TPSA) is 38.9 Å². The standard InChI is InChI=1S/C12H6Cl2N2O/c13-8-1-3-10-7(5-8)6-11(17-10)9-2-4-12(14)16-15-9/h1-6H. The van der Waals surface area contributed by atoms with Crippen molar-refractivity contribution in [3.63, 3.8) is 0 Å². The van der Waals surface area contributed by atoms with Crippen LogP contribution >= 0.6 is 23.2 Å². The summed E-state index contributed by atoms with van der Waals surface area (Å²) >= 11 is 11.6. The van der Waals surface area contributed by atoms with Crippen LogP contribution in [0.1, 0.15) is 0 Å². The maximum Gasteiger partial charge on any atom is 0.155 e. The van der Waals surface area contributed by atoms with Gasteiger partial charge in [0.2, 0.25) is 0 Å². The van der Waals surface area contributed by atoms with Gasteiger partial charge in [0, 0.05) is 10.4 Å². The van der Waals surface area contributed by atoms with Crippen molar-refractivity contribution < 1.29 is 4.42 Å². The number of benzene rings is 1. The summed E-state index contributed by atoms with van der Waals surface area (Å²) in [6.45, 7) is 0. The van der Waals surface area contributed by atoms with Crippen molar-refractivity contribution in [2.75, 3.05) is 0 Å². The molecule has 1 aromatic carbocycles. The Balaban J connectivity index is 2.14. The first kappa shape index (κ1) is 10.6. The maximum absolute atomic E-state index is 5.91. The molecule has 0 N–H and O–H groups in total. The van der Waals surface area contributed by atoms with E-state index in [9.17, 15) is 0 Å². The van der Waals surface area contributed by atoms with Crippen molar-refractivity contribution in [2.24, 2.45) is 0 Å². The molecule has 0 atom stereocenters. The van der Waals surface area contributed by atoms with E-state index in [1.165, 1.54) is 0 Å². The van der Waals surface area contributed by atoms with E-state index < -0.39 is 0 Å². The van der Waals surface area contributed by atoms with Gasteiger partial charge in [-0.3, -0.25) is 0 Å². The number of furan rings is 1. The Morgan fingerprint density at radius 3 is 2.59 bits per heavy atom. The third kappa shape index (κ3) is 1.99. The van der Waals surface area contributed by atoms with E-state index in [1.807, 2.05) is 18.2 Å². The minimum Gasteiger partial charge on any atom is -0.454 e. The molecule has 0 radical (unpaired) electrons. The normalized spacial score (nSPS) is 10.9. The molecule has 0 aliphatic carbocycles. The molecule has 2 heterocycles. The number of aromatic nitrogens is 2. The van der Waals surface area contributed by atoms with Gasteiger partial charge in [-0.05, 0) is 36.4 Å². The predicted molar refractivity (Wildman–Crippen MR) is 67.3 cm³/mol. The van der Waals surface area contributed by atoms with Crippen LogP contribution in [0, 0.1) is 0 Å². The monoisotopic (exact) mass is 264 g/mol. The SMILES string of the molecule is Clc1ccc2oc(-c3ccc(Cl)nn3)cc2c1. The molecule has 0 amide bonds. The summed E-state index contributed by atoms with van der Waals surface area (Å²) in [7, 11) is 0. The van der Waals surface area contributed by atoms with Gasteiger partial charge < -0.3 is 4.42 Å². The molecular formula is C12H6Cl2N2O. The lowest BCUT2D eigenvalue weighted by molar-refractivity contribution is 0.627. The molecule has 5 heteroatoms. The van der Waals surface area contributed by atoms with Gasteiger partial charge in [0.05, 0.1) is 0 Å². The molecule has 0 aliphatic rings. The fourth-order valence-electron chi connectivity index (χ4n) is 1.59. The van der Waals surface area contributed by atoms with Crippen molar-refractivity contribution in [2.45, 2.75) is 0 Å². The third-order valence-corrected chi connectivity index (χ3v) is 2.80. The van der Waals surface area contributed by atoms with E-state index in [-0.39, 0.29) is 0 Å². The van der Waals surface area contributed by atoms with Crippen LogP contribution in [0.3, 0.4) is 0 Å². The van der Waals surface area contributed by atoms with Crippen molar-refractivity contribution >= 4 is 34.2 Å². The minimum absolute atomic E-state index is 0.355. The van der Waals surface area contributed by atoms with Crippen molar-refractivity contribution in [1.29, 1.82) is 0 Å². The number of fused-ring (bicyclic) bond motifs is 1. The molecule has 0 bridgehead atoms. The summed E-state index contributed by atoms with van der Waals surface area (Å²) in [6, 6.07) is 10.8. The van der Waals surface area contributed by atoms with E-state index in [0.717, 1.165) is 11.0 Å². The van der Waals surface area contributed by atoms with Gasteiger partial charge in [-0.25, -0.2) is 0 Å². The lowest BCUT2D eigenvalue weighted by Gasteiger charge is -1.93. The lowest BCUT2D eigenvalue weighted by atomic mass is 10.2. The van der Waals surface area contributed by atoms with Gasteiger partial charge in [-0.2, -0.15) is 0 Å². The highest BCUT2D eigenvalue weighted by molar-refractivity contribution is 6.31. The molecule has 3 aromatic rings. The quantitative estimate of drug-likeness (QED) is 0.662. The average Bonchev–Trinajstić information content (AvgIpc) is 2.72. The number of hydrogen-bond donors (Lipinski definition) is 0. The van der Waals surface area contributed by atoms with Crippen LogP contribution < -0.4 is 0 Å². The summed E-state index contributed by atoms with van der Waals surface area (Å²) < 4.78 is 5.64. The van der Waals surface area contributed by atoms with Gasteiger partial charge >= 0.3 is 0 Å². The molecule has 0 saturated carbocycles. The Bertz CT molecular complexity index is 677. The first-order valence-electron chi connectivity index (χ1n) is 4.91. The lowest BCUT2D eigenvalue weighted by Crippen LogP contribution is -1.84. The Morgan fingerprint density at radius 1 is 0.941 bits per heavy atom. The predicted octanol–water partition coefficient (Wildman–Crippen LogP) is 4.20. The van der Waals surface area contributed by atoms with E-state index in [1.54, 1.807) is 18.2 Å². The fourth-order valence-corrected chi connectivity index (χ4v) is 1.87. The van der Waals surface area contributed by atoms with Gasteiger partial charge in [0.1, 0.15) is 11.3 Å². The van der Waals surface area contributed by atoms with Crippen LogP contribution in [0.4, 0.5) is 0 Å². The van der Waals surface area contributed by atoms with E-state index >= 15 is 0 Å². The molecule has 0 unspecified atom stereocenters. The smallest absolute Gasteiger partial charge is 0.155 e. The highest BCUT2D eigenvalue weighted by Gasteiger charge is 2.08. The molecule has 0 aliphatic heterocycles. The number of hydrogen-bond acceptors (Lipinski definition) is 3. The van der Waals surface area contributed by atoms with Gasteiger partial charge in [0.25, 0.3) is 0 Å². The van der Waals surface area contributed by atoms with Crippen LogP contribution in [0.25, 0.3) is 22.4 Å². The highest BCUT2D eigenvalue weighted by atomic mass is 35.5. The summed E-state index contributed by atoms with van der Waals surface area (Å²) in [5, 5.41) is 9.69. The second kappa shape index (κ2) is 4.02. The van der Waals surface area contributed by atoms with Crippen molar-refractivity contribution in [3.8, 4) is 11.5 Å². The maximum atomic E-state index is 5.91. The third-order valence-electron chi connectivity index (χ3n) is 2.36. The molecular weight excluding hydrogens is 259 g/mol. The molecule has 3 nitrogen and oxygen atoms in total. The van der Waals surface area contributed by atoms with Gasteiger partial charge in [0.15, 0.2) is 10.9 Å². The fraction of sp³-hybridized carbons (Fsp3) is 0. The zero-order chi connectivity index (χ0) is 11.8. The second-order valence-corrected chi connectivity index (χ2v) is 4.36. The Kier molecular flexibility index (Phi) is 2.50. The second-order valence-electron chi connectivity index (χ2n) is 3.53. The van der Waals surface area contributed by atoms with Crippen LogP contribution in [0.15, 0.2) is 40.8 Å². The average molecular weight is 265 g/mol. The minimum atomic E-state index is 0.355. The largest absolute Gasteiger partial charge is 0.454 e. The Hall–Kier alpha value is -1.58. The van der Waals surface area contributed by atoms with Crippen molar-refractivity contribution in [1.82, 2.24) is 10.2 Å².